The molecule has 0 saturated heterocycles. The number of carbonyl (C=O) groups is 4. The van der Waals surface area contributed by atoms with Gasteiger partial charge >= 0.3 is 23.9 Å². The molecule has 0 unspecified atom stereocenters. The zero-order valence-corrected chi connectivity index (χ0v) is 40.5. The summed E-state index contributed by atoms with van der Waals surface area (Å²) in [4.78, 5) is 51.6. The molecule has 368 valence electrons. The Kier molecular flexibility index (Phi) is 23.9. The molecule has 0 saturated carbocycles. The van der Waals surface area contributed by atoms with Gasteiger partial charge in [-0.2, -0.15) is 0 Å². The summed E-state index contributed by atoms with van der Waals surface area (Å²) in [7, 11) is 0. The SMILES string of the molecule is CCCCCCCCCCCCOc1ccc(C(=O)Oc2ccc(C(=O)Oc3cccc(OC(=O)c4ccc(OC(=O)c5ccc(OCCCCCCCCCCCC)c(F)c5)cc4)c3)cc2)cc1. The smallest absolute Gasteiger partial charge is 0.343 e. The molecule has 5 aromatic carbocycles. The van der Waals surface area contributed by atoms with Gasteiger partial charge in [0.25, 0.3) is 0 Å². The monoisotopic (exact) mass is 944 g/mol. The number of carbonyl (C=O) groups excluding carboxylic acids is 4. The van der Waals surface area contributed by atoms with Crippen LogP contribution in [0, 0.1) is 5.82 Å². The summed E-state index contributed by atoms with van der Waals surface area (Å²) in [5, 5.41) is 0. The van der Waals surface area contributed by atoms with E-state index in [1.54, 1.807) is 30.3 Å². The highest BCUT2D eigenvalue weighted by molar-refractivity contribution is 5.94. The van der Waals surface area contributed by atoms with E-state index in [0.29, 0.717) is 24.5 Å². The van der Waals surface area contributed by atoms with Gasteiger partial charge in [-0.1, -0.05) is 135 Å². The summed E-state index contributed by atoms with van der Waals surface area (Å²) in [5.41, 5.74) is 0.736. The highest BCUT2D eigenvalue weighted by Gasteiger charge is 2.17. The lowest BCUT2D eigenvalue weighted by Gasteiger charge is -2.10. The Bertz CT molecular complexity index is 2310. The Balaban J connectivity index is 0.986. The van der Waals surface area contributed by atoms with Crippen molar-refractivity contribution in [1.82, 2.24) is 0 Å². The molecule has 0 fully saturated rings. The summed E-state index contributed by atoms with van der Waals surface area (Å²) in [6, 6.07) is 28.4. The summed E-state index contributed by atoms with van der Waals surface area (Å²) >= 11 is 0. The molecular formula is C58H69FO10. The van der Waals surface area contributed by atoms with Crippen LogP contribution >= 0.6 is 0 Å². The van der Waals surface area contributed by atoms with Crippen molar-refractivity contribution in [3.8, 4) is 34.5 Å². The lowest BCUT2D eigenvalue weighted by atomic mass is 10.1. The van der Waals surface area contributed by atoms with E-state index in [4.69, 9.17) is 28.4 Å². The van der Waals surface area contributed by atoms with Gasteiger partial charge in [-0.3, -0.25) is 0 Å². The van der Waals surface area contributed by atoms with Crippen molar-refractivity contribution in [3.05, 3.63) is 143 Å². The maximum Gasteiger partial charge on any atom is 0.343 e. The van der Waals surface area contributed by atoms with Crippen molar-refractivity contribution in [1.29, 1.82) is 0 Å². The van der Waals surface area contributed by atoms with Gasteiger partial charge in [-0.05, 0) is 116 Å². The molecule has 0 radical (unpaired) electrons. The molecule has 11 heteroatoms. The molecule has 0 atom stereocenters. The van der Waals surface area contributed by atoms with E-state index in [9.17, 15) is 23.6 Å². The second kappa shape index (κ2) is 30.8. The number of unbranched alkanes of at least 4 members (excludes halogenated alkanes) is 18. The lowest BCUT2D eigenvalue weighted by Crippen LogP contribution is -2.11. The van der Waals surface area contributed by atoms with Gasteiger partial charge in [0.1, 0.15) is 28.7 Å². The molecule has 0 aromatic heterocycles. The standard InChI is InChI=1S/C58H69FO10/c1-3-5-7-9-11-13-15-17-19-21-40-64-48-33-26-44(27-34-48)55(60)66-49-35-28-45(29-36-49)56(61)68-51-24-23-25-52(43-51)69-57(62)46-30-37-50(38-31-46)67-58(63)47-32-39-54(53(59)42-47)65-41-22-20-18-16-14-12-10-8-6-4-2/h23-39,42-43H,3-22,40-41H2,1-2H3. The van der Waals surface area contributed by atoms with E-state index in [-0.39, 0.29) is 45.4 Å². The Morgan fingerprint density at radius 3 is 1.09 bits per heavy atom. The topological polar surface area (TPSA) is 124 Å². The molecule has 0 N–H and O–H groups in total. The van der Waals surface area contributed by atoms with E-state index in [1.165, 1.54) is 175 Å². The Morgan fingerprint density at radius 2 is 0.681 bits per heavy atom. The first-order valence-corrected chi connectivity index (χ1v) is 25.1. The molecule has 10 nitrogen and oxygen atoms in total. The number of benzene rings is 5. The zero-order chi connectivity index (χ0) is 48.9. The molecule has 5 rings (SSSR count). The summed E-state index contributed by atoms with van der Waals surface area (Å²) in [6.07, 6.45) is 24.5. The van der Waals surface area contributed by atoms with Crippen LogP contribution in [-0.4, -0.2) is 37.1 Å². The summed E-state index contributed by atoms with van der Waals surface area (Å²) in [6.45, 7) is 5.49. The summed E-state index contributed by atoms with van der Waals surface area (Å²) < 4.78 is 48.2. The molecule has 0 heterocycles. The fraction of sp³-hybridized carbons (Fsp3) is 0.414. The normalized spacial score (nSPS) is 10.9. The van der Waals surface area contributed by atoms with Crippen molar-refractivity contribution in [2.24, 2.45) is 0 Å². The third-order valence-corrected chi connectivity index (χ3v) is 11.6. The van der Waals surface area contributed by atoms with E-state index >= 15 is 0 Å². The first-order chi connectivity index (χ1) is 33.7. The molecule has 5 aromatic rings. The number of ether oxygens (including phenoxy) is 6. The maximum atomic E-state index is 14.8. The second-order valence-electron chi connectivity index (χ2n) is 17.3. The first kappa shape index (κ1) is 53.5. The third-order valence-electron chi connectivity index (χ3n) is 11.6. The van der Waals surface area contributed by atoms with Gasteiger partial charge in [0.05, 0.1) is 35.5 Å². The molecule has 0 amide bonds. The van der Waals surface area contributed by atoms with Gasteiger partial charge < -0.3 is 28.4 Å². The third kappa shape index (κ3) is 19.9. The van der Waals surface area contributed by atoms with Crippen LogP contribution < -0.4 is 28.4 Å². The predicted molar refractivity (Wildman–Crippen MR) is 267 cm³/mol. The highest BCUT2D eigenvalue weighted by Crippen LogP contribution is 2.25. The van der Waals surface area contributed by atoms with Gasteiger partial charge in [-0.15, -0.1) is 0 Å². The second-order valence-corrected chi connectivity index (χ2v) is 17.3. The molecule has 0 bridgehead atoms. The lowest BCUT2D eigenvalue weighted by molar-refractivity contribution is 0.0723. The number of hydrogen-bond donors (Lipinski definition) is 0. The Hall–Kier alpha value is -6.49. The van der Waals surface area contributed by atoms with Crippen molar-refractivity contribution >= 4 is 23.9 Å². The number of halogens is 1. The van der Waals surface area contributed by atoms with Crippen molar-refractivity contribution in [2.45, 2.75) is 142 Å². The summed E-state index contributed by atoms with van der Waals surface area (Å²) in [5.74, 6) is -1.94. The Morgan fingerprint density at radius 1 is 0.348 bits per heavy atom. The van der Waals surface area contributed by atoms with Gasteiger partial charge in [0, 0.05) is 6.07 Å². The highest BCUT2D eigenvalue weighted by atomic mass is 19.1. The fourth-order valence-electron chi connectivity index (χ4n) is 7.57. The van der Waals surface area contributed by atoms with E-state index in [2.05, 4.69) is 13.8 Å². The first-order valence-electron chi connectivity index (χ1n) is 25.1. The van der Waals surface area contributed by atoms with E-state index in [1.807, 2.05) is 0 Å². The van der Waals surface area contributed by atoms with Gasteiger partial charge in [-0.25, -0.2) is 23.6 Å². The average molecular weight is 945 g/mol. The van der Waals surface area contributed by atoms with Crippen LogP contribution in [-0.2, 0) is 0 Å². The maximum absolute atomic E-state index is 14.8. The predicted octanol–water partition coefficient (Wildman–Crippen LogP) is 15.3. The van der Waals surface area contributed by atoms with E-state index < -0.39 is 29.7 Å². The van der Waals surface area contributed by atoms with Crippen LogP contribution in [0.15, 0.2) is 115 Å². The van der Waals surface area contributed by atoms with Crippen molar-refractivity contribution in [2.75, 3.05) is 13.2 Å². The fourth-order valence-corrected chi connectivity index (χ4v) is 7.57. The molecule has 0 aliphatic carbocycles. The van der Waals surface area contributed by atoms with Crippen LogP contribution in [0.25, 0.3) is 0 Å². The zero-order valence-electron chi connectivity index (χ0n) is 40.5. The van der Waals surface area contributed by atoms with Crippen LogP contribution in [0.4, 0.5) is 4.39 Å². The van der Waals surface area contributed by atoms with Crippen LogP contribution in [0.2, 0.25) is 0 Å². The minimum absolute atomic E-state index is 0.0125. The molecule has 0 aliphatic heterocycles. The number of rotatable bonds is 32. The average Bonchev–Trinajstić information content (AvgIpc) is 3.36. The van der Waals surface area contributed by atoms with Crippen LogP contribution in [0.5, 0.6) is 34.5 Å². The van der Waals surface area contributed by atoms with Gasteiger partial charge in [0.2, 0.25) is 0 Å². The Labute approximate surface area is 407 Å². The molecular weight excluding hydrogens is 876 g/mol. The molecule has 0 aliphatic rings. The molecule has 0 spiro atoms. The van der Waals surface area contributed by atoms with Crippen molar-refractivity contribution in [3.63, 3.8) is 0 Å². The molecule has 69 heavy (non-hydrogen) atoms. The van der Waals surface area contributed by atoms with Crippen LogP contribution in [0.3, 0.4) is 0 Å². The van der Waals surface area contributed by atoms with Gasteiger partial charge in [0.15, 0.2) is 11.6 Å². The number of hydrogen-bond acceptors (Lipinski definition) is 10. The quantitative estimate of drug-likeness (QED) is 0.0234. The van der Waals surface area contributed by atoms with Crippen molar-refractivity contribution < 1.29 is 52.0 Å². The largest absolute Gasteiger partial charge is 0.494 e. The van der Waals surface area contributed by atoms with E-state index in [0.717, 1.165) is 38.2 Å². The van der Waals surface area contributed by atoms with Crippen LogP contribution in [0.1, 0.15) is 184 Å². The minimum Gasteiger partial charge on any atom is -0.494 e. The number of esters is 4. The minimum atomic E-state index is -0.770.